The van der Waals surface area contributed by atoms with Gasteiger partial charge in [-0.25, -0.2) is 0 Å². The van der Waals surface area contributed by atoms with Crippen LogP contribution in [0.4, 0.5) is 0 Å². The van der Waals surface area contributed by atoms with E-state index in [-0.39, 0.29) is 0 Å². The van der Waals surface area contributed by atoms with E-state index >= 15 is 0 Å². The molecule has 0 fully saturated rings. The monoisotopic (exact) mass is 1020 g/mol. The molecular formula is C60H80S7. The first kappa shape index (κ1) is 52.7. The third-order valence-electron chi connectivity index (χ3n) is 13.6. The topological polar surface area (TPSA) is 0 Å². The zero-order chi connectivity index (χ0) is 47.1. The molecule has 0 bridgehead atoms. The maximum absolute atomic E-state index is 2.51. The van der Waals surface area contributed by atoms with Crippen LogP contribution in [0.5, 0.6) is 0 Å². The van der Waals surface area contributed by atoms with Gasteiger partial charge in [-0.15, -0.1) is 79.4 Å². The van der Waals surface area contributed by atoms with Crippen LogP contribution in [0.15, 0.2) is 47.2 Å². The zero-order valence-electron chi connectivity index (χ0n) is 42.4. The van der Waals surface area contributed by atoms with Crippen molar-refractivity contribution in [2.45, 2.75) is 209 Å². The van der Waals surface area contributed by atoms with Crippen molar-refractivity contribution in [1.29, 1.82) is 0 Å². The molecule has 7 rings (SSSR count). The summed E-state index contributed by atoms with van der Waals surface area (Å²) in [4.78, 5) is 18.2. The molecule has 0 spiro atoms. The van der Waals surface area contributed by atoms with Crippen molar-refractivity contribution in [3.8, 4) is 58.5 Å². The summed E-state index contributed by atoms with van der Waals surface area (Å²) >= 11 is 14.5. The van der Waals surface area contributed by atoms with Gasteiger partial charge in [-0.1, -0.05) is 107 Å². The van der Waals surface area contributed by atoms with Gasteiger partial charge >= 0.3 is 0 Å². The number of unbranched alkanes of at least 4 members (excludes halogenated alkanes) is 8. The molecular weight excluding hydrogens is 945 g/mol. The first-order chi connectivity index (χ1) is 32.9. The lowest BCUT2D eigenvalue weighted by Gasteiger charge is -2.09. The Morgan fingerprint density at radius 2 is 0.478 bits per heavy atom. The predicted octanol–water partition coefficient (Wildman–Crippen LogP) is 22.9. The lowest BCUT2D eigenvalue weighted by molar-refractivity contribution is 0.763. The maximum Gasteiger partial charge on any atom is 0.0484 e. The molecule has 7 heterocycles. The zero-order valence-corrected chi connectivity index (χ0v) is 48.2. The molecule has 0 aliphatic heterocycles. The fraction of sp³-hybridized carbons (Fsp3) is 0.533. The van der Waals surface area contributed by atoms with Gasteiger partial charge in [-0.2, -0.15) is 0 Å². The number of aryl methyl sites for hydroxylation is 2. The molecule has 0 amide bonds. The standard InChI is InChI=1S/C60H80S7/c1-9-17-25-41-39-61-55(43(41)27-19-11-3)49-33-35-51(63-49)57-45(29-21-13-5)47(31-23-15-7)59(66-57)53-37-38-54(65-53)60-48(32-24-16-8)46(30-22-14-6)58(67-60)52-36-34-50(64-52)56-44(28-20-12-4)42(40-62-56)26-18-10-2/h33-40H,9-32H2,1-8H3. The minimum absolute atomic E-state index is 1.18. The third-order valence-corrected chi connectivity index (χ3v) is 22.7. The van der Waals surface area contributed by atoms with Gasteiger partial charge in [0.05, 0.1) is 0 Å². The van der Waals surface area contributed by atoms with Crippen LogP contribution in [0.25, 0.3) is 58.5 Å². The predicted molar refractivity (Wildman–Crippen MR) is 313 cm³/mol. The fourth-order valence-electron chi connectivity index (χ4n) is 9.67. The highest BCUT2D eigenvalue weighted by atomic mass is 32.1. The fourth-order valence-corrected chi connectivity index (χ4v) is 18.7. The molecule has 7 aromatic rings. The van der Waals surface area contributed by atoms with Crippen LogP contribution in [0.2, 0.25) is 0 Å². The lowest BCUT2D eigenvalue weighted by Crippen LogP contribution is -1.94. The highest BCUT2D eigenvalue weighted by Crippen LogP contribution is 2.53. The Balaban J connectivity index is 1.29. The highest BCUT2D eigenvalue weighted by Gasteiger charge is 2.27. The van der Waals surface area contributed by atoms with E-state index in [1.54, 1.807) is 73.8 Å². The number of hydrogen-bond donors (Lipinski definition) is 0. The second-order valence-electron chi connectivity index (χ2n) is 18.9. The van der Waals surface area contributed by atoms with Gasteiger partial charge < -0.3 is 0 Å². The van der Waals surface area contributed by atoms with Gasteiger partial charge in [0.2, 0.25) is 0 Å². The average Bonchev–Trinajstić information content (AvgIpc) is 4.21. The third kappa shape index (κ3) is 12.7. The van der Waals surface area contributed by atoms with E-state index in [2.05, 4.69) is 159 Å². The van der Waals surface area contributed by atoms with E-state index in [1.165, 1.54) is 183 Å². The van der Waals surface area contributed by atoms with E-state index in [0.29, 0.717) is 0 Å². The summed E-state index contributed by atoms with van der Waals surface area (Å²) in [5.74, 6) is 0. The second-order valence-corrected chi connectivity index (χ2v) is 25.9. The summed E-state index contributed by atoms with van der Waals surface area (Å²) in [5.41, 5.74) is 13.1. The van der Waals surface area contributed by atoms with Crippen LogP contribution in [-0.4, -0.2) is 0 Å². The van der Waals surface area contributed by atoms with Crippen LogP contribution in [0, 0.1) is 0 Å². The number of rotatable bonds is 30. The van der Waals surface area contributed by atoms with Crippen molar-refractivity contribution in [1.82, 2.24) is 0 Å². The summed E-state index contributed by atoms with van der Waals surface area (Å²) in [7, 11) is 0. The minimum Gasteiger partial charge on any atom is -0.142 e. The maximum atomic E-state index is 2.51. The Bertz CT molecular complexity index is 2370. The molecule has 0 saturated carbocycles. The molecule has 7 heteroatoms. The van der Waals surface area contributed by atoms with Crippen LogP contribution in [0.1, 0.15) is 203 Å². The molecule has 362 valence electrons. The second kappa shape index (κ2) is 26.9. The Morgan fingerprint density at radius 1 is 0.254 bits per heavy atom. The van der Waals surface area contributed by atoms with E-state index < -0.39 is 0 Å². The number of thiophene rings is 7. The average molecular weight is 1030 g/mol. The van der Waals surface area contributed by atoms with Gasteiger partial charge in [0.15, 0.2) is 0 Å². The molecule has 0 aromatic carbocycles. The molecule has 0 aliphatic rings. The van der Waals surface area contributed by atoms with E-state index in [1.807, 2.05) is 22.7 Å². The van der Waals surface area contributed by atoms with Crippen molar-refractivity contribution in [2.24, 2.45) is 0 Å². The van der Waals surface area contributed by atoms with Gasteiger partial charge in [-0.05, 0) is 194 Å². The normalized spacial score (nSPS) is 11.8. The van der Waals surface area contributed by atoms with Crippen molar-refractivity contribution >= 4 is 79.4 Å². The molecule has 0 unspecified atom stereocenters. The number of hydrogen-bond acceptors (Lipinski definition) is 7. The Kier molecular flexibility index (Phi) is 21.2. The summed E-state index contributed by atoms with van der Waals surface area (Å²) in [6, 6.07) is 14.9. The Labute approximate surface area is 435 Å². The van der Waals surface area contributed by atoms with Crippen LogP contribution < -0.4 is 0 Å². The summed E-state index contributed by atoms with van der Waals surface area (Å²) in [5, 5.41) is 4.99. The first-order valence-electron chi connectivity index (χ1n) is 26.7. The highest BCUT2D eigenvalue weighted by molar-refractivity contribution is 7.31. The van der Waals surface area contributed by atoms with E-state index in [9.17, 15) is 0 Å². The van der Waals surface area contributed by atoms with Crippen molar-refractivity contribution in [3.63, 3.8) is 0 Å². The van der Waals surface area contributed by atoms with Crippen molar-refractivity contribution < 1.29 is 0 Å². The molecule has 0 aliphatic carbocycles. The molecule has 67 heavy (non-hydrogen) atoms. The van der Waals surface area contributed by atoms with E-state index in [0.717, 1.165) is 0 Å². The molecule has 0 atom stereocenters. The summed E-state index contributed by atoms with van der Waals surface area (Å²) in [6.07, 6.45) is 29.6. The van der Waals surface area contributed by atoms with Crippen molar-refractivity contribution in [3.05, 3.63) is 91.7 Å². The summed E-state index contributed by atoms with van der Waals surface area (Å²) < 4.78 is 0. The largest absolute Gasteiger partial charge is 0.142 e. The smallest absolute Gasteiger partial charge is 0.0484 e. The van der Waals surface area contributed by atoms with Crippen LogP contribution in [0.3, 0.4) is 0 Å². The quantitative estimate of drug-likeness (QED) is 0.0421. The lowest BCUT2D eigenvalue weighted by atomic mass is 9.97. The van der Waals surface area contributed by atoms with Gasteiger partial charge in [0, 0.05) is 58.5 Å². The molecule has 0 radical (unpaired) electrons. The van der Waals surface area contributed by atoms with Gasteiger partial charge in [-0.3, -0.25) is 0 Å². The van der Waals surface area contributed by atoms with Gasteiger partial charge in [0.25, 0.3) is 0 Å². The molecule has 0 saturated heterocycles. The SMILES string of the molecule is CCCCc1csc(-c2ccc(-c3sc(-c4ccc(-c5sc(-c6ccc(-c7scc(CCCC)c7CCCC)s6)c(CCCC)c5CCCC)s4)c(CCCC)c3CCCC)s2)c1CCCC. The first-order valence-corrected chi connectivity index (χ1v) is 32.6. The van der Waals surface area contributed by atoms with E-state index in [4.69, 9.17) is 0 Å². The molecule has 0 N–H and O–H groups in total. The van der Waals surface area contributed by atoms with Crippen LogP contribution in [-0.2, 0) is 51.4 Å². The Morgan fingerprint density at radius 3 is 0.731 bits per heavy atom. The van der Waals surface area contributed by atoms with Crippen molar-refractivity contribution in [2.75, 3.05) is 0 Å². The van der Waals surface area contributed by atoms with Gasteiger partial charge in [0.1, 0.15) is 0 Å². The Hall–Kier alpha value is -2.10. The molecule has 7 aromatic heterocycles. The van der Waals surface area contributed by atoms with Crippen LogP contribution >= 0.6 is 79.4 Å². The summed E-state index contributed by atoms with van der Waals surface area (Å²) in [6.45, 7) is 18.8. The minimum atomic E-state index is 1.18. The molecule has 0 nitrogen and oxygen atoms in total.